The van der Waals surface area contributed by atoms with Crippen LogP contribution in [-0.4, -0.2) is 48.4 Å². The van der Waals surface area contributed by atoms with E-state index in [2.05, 4.69) is 16.0 Å². The normalized spacial score (nSPS) is 14.2. The average molecular weight is 389 g/mol. The molecule has 4 amide bonds. The van der Waals surface area contributed by atoms with Gasteiger partial charge in [0, 0.05) is 43.3 Å². The van der Waals surface area contributed by atoms with E-state index in [9.17, 15) is 14.4 Å². The van der Waals surface area contributed by atoms with Gasteiger partial charge >= 0.3 is 6.03 Å². The van der Waals surface area contributed by atoms with Gasteiger partial charge < -0.3 is 20.9 Å². The van der Waals surface area contributed by atoms with Gasteiger partial charge in [-0.1, -0.05) is 19.3 Å². The van der Waals surface area contributed by atoms with Gasteiger partial charge in [-0.3, -0.25) is 9.59 Å². The molecule has 1 aliphatic carbocycles. The molecule has 0 unspecified atom stereocenters. The Bertz CT molecular complexity index is 650. The second-order valence-corrected chi connectivity index (χ2v) is 7.09. The number of anilines is 1. The molecule has 0 heterocycles. The third-order valence-electron chi connectivity index (χ3n) is 5.04. The Morgan fingerprint density at radius 2 is 1.64 bits per heavy atom. The third kappa shape index (κ3) is 6.87. The van der Waals surface area contributed by atoms with E-state index in [4.69, 9.17) is 0 Å². The van der Waals surface area contributed by atoms with Crippen molar-refractivity contribution in [2.75, 3.05) is 25.0 Å². The summed E-state index contributed by atoms with van der Waals surface area (Å²) in [6, 6.07) is 6.91. The first kappa shape index (κ1) is 21.7. The molecule has 0 atom stereocenters. The molecule has 7 heteroatoms. The van der Waals surface area contributed by atoms with Crippen molar-refractivity contribution >= 4 is 23.5 Å². The van der Waals surface area contributed by atoms with E-state index in [0.29, 0.717) is 24.3 Å². The molecule has 0 radical (unpaired) electrons. The number of carbonyl (C=O) groups excluding carboxylic acids is 3. The first-order valence-corrected chi connectivity index (χ1v) is 10.3. The summed E-state index contributed by atoms with van der Waals surface area (Å²) in [5.74, 6) is -0.197. The molecular formula is C21H32N4O3. The third-order valence-corrected chi connectivity index (χ3v) is 5.04. The summed E-state index contributed by atoms with van der Waals surface area (Å²) in [6.07, 6.45) is 5.81. The molecule has 0 aromatic heterocycles. The number of nitrogens with one attached hydrogen (secondary N) is 3. The lowest BCUT2D eigenvalue weighted by Gasteiger charge is -2.22. The Morgan fingerprint density at radius 1 is 1.00 bits per heavy atom. The van der Waals surface area contributed by atoms with E-state index >= 15 is 0 Å². The standard InChI is InChI=1S/C21H32N4O3/c1-3-25(4-2)20(27)16-10-12-18(13-11-16)23-19(26)14-15-22-21(28)24-17-8-6-5-7-9-17/h10-13,17H,3-9,14-15H2,1-2H3,(H,23,26)(H2,22,24,28). The fourth-order valence-electron chi connectivity index (χ4n) is 3.39. The van der Waals surface area contributed by atoms with Gasteiger partial charge in [0.25, 0.3) is 5.91 Å². The highest BCUT2D eigenvalue weighted by Gasteiger charge is 2.15. The van der Waals surface area contributed by atoms with Crippen LogP contribution in [0.3, 0.4) is 0 Å². The summed E-state index contributed by atoms with van der Waals surface area (Å²) in [6.45, 7) is 5.49. The van der Waals surface area contributed by atoms with Gasteiger partial charge in [-0.15, -0.1) is 0 Å². The molecule has 1 fully saturated rings. The topological polar surface area (TPSA) is 90.5 Å². The maximum absolute atomic E-state index is 12.3. The van der Waals surface area contributed by atoms with Gasteiger partial charge in [0.2, 0.25) is 5.91 Å². The van der Waals surface area contributed by atoms with Crippen molar-refractivity contribution in [1.29, 1.82) is 0 Å². The lowest BCUT2D eigenvalue weighted by Crippen LogP contribution is -2.43. The summed E-state index contributed by atoms with van der Waals surface area (Å²) >= 11 is 0. The zero-order valence-electron chi connectivity index (χ0n) is 16.9. The smallest absolute Gasteiger partial charge is 0.315 e. The molecule has 1 saturated carbocycles. The zero-order valence-corrected chi connectivity index (χ0v) is 16.9. The Morgan fingerprint density at radius 3 is 2.25 bits per heavy atom. The molecule has 7 nitrogen and oxygen atoms in total. The van der Waals surface area contributed by atoms with Gasteiger partial charge in [-0.25, -0.2) is 4.79 Å². The summed E-state index contributed by atoms with van der Waals surface area (Å²) in [5, 5.41) is 8.48. The molecule has 154 valence electrons. The van der Waals surface area contributed by atoms with Crippen molar-refractivity contribution in [3.8, 4) is 0 Å². The highest BCUT2D eigenvalue weighted by atomic mass is 16.2. The fourth-order valence-corrected chi connectivity index (χ4v) is 3.39. The second kappa shape index (κ2) is 11.3. The van der Waals surface area contributed by atoms with Crippen molar-refractivity contribution in [1.82, 2.24) is 15.5 Å². The predicted octanol–water partition coefficient (Wildman–Crippen LogP) is 3.13. The predicted molar refractivity (Wildman–Crippen MR) is 110 cm³/mol. The Hall–Kier alpha value is -2.57. The van der Waals surface area contributed by atoms with Crippen molar-refractivity contribution in [3.63, 3.8) is 0 Å². The fraction of sp³-hybridized carbons (Fsp3) is 0.571. The second-order valence-electron chi connectivity index (χ2n) is 7.09. The van der Waals surface area contributed by atoms with E-state index in [1.54, 1.807) is 29.2 Å². The van der Waals surface area contributed by atoms with Crippen LogP contribution in [0.4, 0.5) is 10.5 Å². The first-order chi connectivity index (χ1) is 13.5. The minimum Gasteiger partial charge on any atom is -0.339 e. The van der Waals surface area contributed by atoms with Gasteiger partial charge in [0.05, 0.1) is 0 Å². The number of amides is 4. The van der Waals surface area contributed by atoms with E-state index in [1.807, 2.05) is 13.8 Å². The highest BCUT2D eigenvalue weighted by molar-refractivity contribution is 5.95. The minimum absolute atomic E-state index is 0.0175. The van der Waals surface area contributed by atoms with Crippen LogP contribution in [0.15, 0.2) is 24.3 Å². The molecular weight excluding hydrogens is 356 g/mol. The van der Waals surface area contributed by atoms with E-state index in [0.717, 1.165) is 25.7 Å². The molecule has 1 aliphatic rings. The number of rotatable bonds is 8. The van der Waals surface area contributed by atoms with Crippen molar-refractivity contribution in [2.24, 2.45) is 0 Å². The van der Waals surface area contributed by atoms with E-state index in [1.165, 1.54) is 6.42 Å². The maximum Gasteiger partial charge on any atom is 0.315 e. The van der Waals surface area contributed by atoms with Gasteiger partial charge in [-0.2, -0.15) is 0 Å². The molecule has 0 saturated heterocycles. The number of hydrogen-bond acceptors (Lipinski definition) is 3. The number of nitrogens with zero attached hydrogens (tertiary/aromatic N) is 1. The Balaban J connectivity index is 1.70. The molecule has 28 heavy (non-hydrogen) atoms. The van der Waals surface area contributed by atoms with Gasteiger partial charge in [0.15, 0.2) is 0 Å². The molecule has 1 aromatic carbocycles. The number of hydrogen-bond donors (Lipinski definition) is 3. The largest absolute Gasteiger partial charge is 0.339 e. The zero-order chi connectivity index (χ0) is 20.4. The van der Waals surface area contributed by atoms with Crippen LogP contribution < -0.4 is 16.0 Å². The lowest BCUT2D eigenvalue weighted by atomic mass is 9.96. The molecule has 2 rings (SSSR count). The van der Waals surface area contributed by atoms with Gasteiger partial charge in [-0.05, 0) is 51.0 Å². The molecule has 0 bridgehead atoms. The number of benzene rings is 1. The van der Waals surface area contributed by atoms with Crippen LogP contribution in [0.25, 0.3) is 0 Å². The van der Waals surface area contributed by atoms with Crippen LogP contribution in [0, 0.1) is 0 Å². The number of carbonyl (C=O) groups is 3. The Kier molecular flexibility index (Phi) is 8.78. The minimum atomic E-state index is -0.209. The lowest BCUT2D eigenvalue weighted by molar-refractivity contribution is -0.116. The number of urea groups is 1. The van der Waals surface area contributed by atoms with E-state index < -0.39 is 0 Å². The van der Waals surface area contributed by atoms with Gasteiger partial charge in [0.1, 0.15) is 0 Å². The SMILES string of the molecule is CCN(CC)C(=O)c1ccc(NC(=O)CCNC(=O)NC2CCCCC2)cc1. The average Bonchev–Trinajstić information content (AvgIpc) is 2.70. The van der Waals surface area contributed by atoms with Crippen molar-refractivity contribution in [2.45, 2.75) is 58.4 Å². The summed E-state index contributed by atoms with van der Waals surface area (Å²) in [7, 11) is 0. The van der Waals surface area contributed by atoms with Crippen LogP contribution in [0.5, 0.6) is 0 Å². The monoisotopic (exact) mass is 388 g/mol. The summed E-state index contributed by atoms with van der Waals surface area (Å²) in [5.41, 5.74) is 1.23. The van der Waals surface area contributed by atoms with Crippen LogP contribution in [0.1, 0.15) is 62.7 Å². The van der Waals surface area contributed by atoms with Crippen LogP contribution in [-0.2, 0) is 4.79 Å². The van der Waals surface area contributed by atoms with E-state index in [-0.39, 0.29) is 36.9 Å². The summed E-state index contributed by atoms with van der Waals surface area (Å²) < 4.78 is 0. The molecule has 0 aliphatic heterocycles. The van der Waals surface area contributed by atoms with Crippen molar-refractivity contribution in [3.05, 3.63) is 29.8 Å². The molecule has 1 aromatic rings. The highest BCUT2D eigenvalue weighted by Crippen LogP contribution is 2.17. The summed E-state index contributed by atoms with van der Waals surface area (Å²) in [4.78, 5) is 37.9. The first-order valence-electron chi connectivity index (χ1n) is 10.3. The van der Waals surface area contributed by atoms with Crippen LogP contribution in [0.2, 0.25) is 0 Å². The van der Waals surface area contributed by atoms with Crippen LogP contribution >= 0.6 is 0 Å². The molecule has 0 spiro atoms. The molecule has 3 N–H and O–H groups in total. The maximum atomic E-state index is 12.3. The van der Waals surface area contributed by atoms with Crippen molar-refractivity contribution < 1.29 is 14.4 Å². The quantitative estimate of drug-likeness (QED) is 0.639. The Labute approximate surface area is 167 Å².